The van der Waals surface area contributed by atoms with Gasteiger partial charge in [-0.15, -0.1) is 11.6 Å². The fourth-order valence-corrected chi connectivity index (χ4v) is 4.50. The first-order chi connectivity index (χ1) is 12.2. The Morgan fingerprint density at radius 2 is 1.73 bits per heavy atom. The van der Waals surface area contributed by atoms with Crippen LogP contribution in [-0.4, -0.2) is 10.9 Å². The van der Waals surface area contributed by atoms with Crippen LogP contribution in [0.3, 0.4) is 0 Å². The second kappa shape index (κ2) is 5.68. The van der Waals surface area contributed by atoms with E-state index in [1.54, 1.807) is 0 Å². The minimum Gasteiger partial charge on any atom is -0.356 e. The maximum Gasteiger partial charge on any atom is 0.167 e. The predicted octanol–water partition coefficient (Wildman–Crippen LogP) is 5.49. The molecule has 4 heteroatoms. The minimum absolute atomic E-state index is 0.233. The van der Waals surface area contributed by atoms with Crippen molar-refractivity contribution in [2.24, 2.45) is 0 Å². The minimum atomic E-state index is -0.494. The van der Waals surface area contributed by atoms with E-state index in [0.717, 1.165) is 33.4 Å². The third kappa shape index (κ3) is 2.41. The zero-order valence-electron chi connectivity index (χ0n) is 15.5. The lowest BCUT2D eigenvalue weighted by Gasteiger charge is -2.21. The van der Waals surface area contributed by atoms with Gasteiger partial charge in [0.25, 0.3) is 0 Å². The summed E-state index contributed by atoms with van der Waals surface area (Å²) >= 11 is 6.73. The number of carbonyl (C=O) groups excluding carboxylic acids is 1. The van der Waals surface area contributed by atoms with Gasteiger partial charge >= 0.3 is 0 Å². The molecule has 134 valence electrons. The Balaban J connectivity index is 1.69. The van der Waals surface area contributed by atoms with Gasteiger partial charge in [-0.2, -0.15) is 0 Å². The SMILES string of the molecule is CC1(C)C(=O)C(C)(C)c2cc(C(Cl)Cc3noc4ccccc34)ccc21. The van der Waals surface area contributed by atoms with Crippen LogP contribution in [0.2, 0.25) is 0 Å². The molecule has 0 fully saturated rings. The Bertz CT molecular complexity index is 1020. The van der Waals surface area contributed by atoms with Crippen molar-refractivity contribution >= 4 is 28.4 Å². The van der Waals surface area contributed by atoms with Gasteiger partial charge in [-0.05, 0) is 56.5 Å². The van der Waals surface area contributed by atoms with E-state index in [1.165, 1.54) is 0 Å². The smallest absolute Gasteiger partial charge is 0.167 e. The number of rotatable bonds is 3. The monoisotopic (exact) mass is 367 g/mol. The summed E-state index contributed by atoms with van der Waals surface area (Å²) in [5.74, 6) is 0.255. The van der Waals surface area contributed by atoms with Gasteiger partial charge in [-0.1, -0.05) is 35.5 Å². The van der Waals surface area contributed by atoms with Crippen molar-refractivity contribution in [1.29, 1.82) is 0 Å². The number of aromatic nitrogens is 1. The predicted molar refractivity (Wildman–Crippen MR) is 104 cm³/mol. The summed E-state index contributed by atoms with van der Waals surface area (Å²) in [5, 5.41) is 4.95. The number of hydrogen-bond acceptors (Lipinski definition) is 3. The van der Waals surface area contributed by atoms with Crippen molar-refractivity contribution < 1.29 is 9.32 Å². The topological polar surface area (TPSA) is 43.1 Å². The summed E-state index contributed by atoms with van der Waals surface area (Å²) in [6, 6.07) is 14.0. The molecule has 1 unspecified atom stereocenters. The molecular formula is C22H22ClNO2. The summed E-state index contributed by atoms with van der Waals surface area (Å²) in [6.07, 6.45) is 0.578. The van der Waals surface area contributed by atoms with Crippen LogP contribution < -0.4 is 0 Å². The van der Waals surface area contributed by atoms with Gasteiger partial charge in [0, 0.05) is 22.6 Å². The molecule has 0 saturated carbocycles. The second-order valence-electron chi connectivity index (χ2n) is 8.18. The van der Waals surface area contributed by atoms with Crippen LogP contribution in [0.15, 0.2) is 47.0 Å². The summed E-state index contributed by atoms with van der Waals surface area (Å²) in [6.45, 7) is 8.01. The van der Waals surface area contributed by atoms with E-state index in [0.29, 0.717) is 6.42 Å². The third-order valence-electron chi connectivity index (χ3n) is 5.71. The molecule has 3 aromatic rings. The van der Waals surface area contributed by atoms with Crippen molar-refractivity contribution in [2.75, 3.05) is 0 Å². The van der Waals surface area contributed by atoms with E-state index in [4.69, 9.17) is 16.1 Å². The normalized spacial score (nSPS) is 18.9. The van der Waals surface area contributed by atoms with Crippen LogP contribution in [0.5, 0.6) is 0 Å². The molecule has 1 aliphatic carbocycles. The van der Waals surface area contributed by atoms with Gasteiger partial charge in [0.05, 0.1) is 11.1 Å². The second-order valence-corrected chi connectivity index (χ2v) is 8.71. The van der Waals surface area contributed by atoms with E-state index >= 15 is 0 Å². The Morgan fingerprint density at radius 1 is 1.04 bits per heavy atom. The molecule has 1 atom stereocenters. The van der Waals surface area contributed by atoms with Crippen molar-refractivity contribution in [3.05, 3.63) is 64.8 Å². The number of ketones is 1. The first-order valence-electron chi connectivity index (χ1n) is 8.90. The van der Waals surface area contributed by atoms with Crippen molar-refractivity contribution in [3.8, 4) is 0 Å². The molecule has 0 radical (unpaired) electrons. The zero-order valence-corrected chi connectivity index (χ0v) is 16.2. The van der Waals surface area contributed by atoms with Gasteiger partial charge in [-0.3, -0.25) is 4.79 Å². The van der Waals surface area contributed by atoms with Gasteiger partial charge in [-0.25, -0.2) is 0 Å². The summed E-state index contributed by atoms with van der Waals surface area (Å²) in [4.78, 5) is 12.8. The van der Waals surface area contributed by atoms with E-state index in [-0.39, 0.29) is 11.2 Å². The van der Waals surface area contributed by atoms with Gasteiger partial charge in [0.2, 0.25) is 0 Å². The fourth-order valence-electron chi connectivity index (χ4n) is 4.22. The Kier molecular flexibility index (Phi) is 3.78. The van der Waals surface area contributed by atoms with Gasteiger partial charge < -0.3 is 4.52 Å². The molecule has 1 aliphatic rings. The summed E-state index contributed by atoms with van der Waals surface area (Å²) < 4.78 is 5.38. The van der Waals surface area contributed by atoms with E-state index < -0.39 is 10.8 Å². The molecule has 0 aliphatic heterocycles. The van der Waals surface area contributed by atoms with Crippen LogP contribution >= 0.6 is 11.6 Å². The Hall–Kier alpha value is -2.13. The number of nitrogens with zero attached hydrogens (tertiary/aromatic N) is 1. The average molecular weight is 368 g/mol. The largest absolute Gasteiger partial charge is 0.356 e. The van der Waals surface area contributed by atoms with Crippen molar-refractivity contribution in [2.45, 2.75) is 50.3 Å². The highest BCUT2D eigenvalue weighted by molar-refractivity contribution is 6.21. The van der Waals surface area contributed by atoms with Crippen LogP contribution in [0.4, 0.5) is 0 Å². The first kappa shape index (κ1) is 17.3. The number of carbonyl (C=O) groups is 1. The summed E-state index contributed by atoms with van der Waals surface area (Å²) in [7, 11) is 0. The number of halogens is 1. The number of hydrogen-bond donors (Lipinski definition) is 0. The van der Waals surface area contributed by atoms with Gasteiger partial charge in [0.1, 0.15) is 0 Å². The highest BCUT2D eigenvalue weighted by Crippen LogP contribution is 2.47. The summed E-state index contributed by atoms with van der Waals surface area (Å²) in [5.41, 5.74) is 3.88. The third-order valence-corrected chi connectivity index (χ3v) is 6.12. The number of fused-ring (bicyclic) bond motifs is 2. The molecular weight excluding hydrogens is 346 g/mol. The van der Waals surface area contributed by atoms with Crippen LogP contribution in [-0.2, 0) is 22.0 Å². The molecule has 3 nitrogen and oxygen atoms in total. The number of para-hydroxylation sites is 1. The molecule has 2 aromatic carbocycles. The van der Waals surface area contributed by atoms with E-state index in [9.17, 15) is 4.79 Å². The molecule has 0 saturated heterocycles. The number of benzene rings is 2. The van der Waals surface area contributed by atoms with E-state index in [2.05, 4.69) is 17.3 Å². The molecule has 0 amide bonds. The molecule has 0 bridgehead atoms. The van der Waals surface area contributed by atoms with Crippen molar-refractivity contribution in [1.82, 2.24) is 5.16 Å². The quantitative estimate of drug-likeness (QED) is 0.575. The molecule has 0 N–H and O–H groups in total. The fraction of sp³-hybridized carbons (Fsp3) is 0.364. The van der Waals surface area contributed by atoms with Crippen LogP contribution in [0, 0.1) is 0 Å². The Morgan fingerprint density at radius 3 is 2.50 bits per heavy atom. The van der Waals surface area contributed by atoms with E-state index in [1.807, 2.05) is 58.0 Å². The number of alkyl halides is 1. The average Bonchev–Trinajstić information content (AvgIpc) is 3.08. The lowest BCUT2D eigenvalue weighted by molar-refractivity contribution is -0.126. The molecule has 1 heterocycles. The van der Waals surface area contributed by atoms with Crippen molar-refractivity contribution in [3.63, 3.8) is 0 Å². The Labute approximate surface area is 158 Å². The lowest BCUT2D eigenvalue weighted by Crippen LogP contribution is -2.33. The van der Waals surface area contributed by atoms with Gasteiger partial charge in [0.15, 0.2) is 11.4 Å². The number of Topliss-reactive ketones (excluding diaryl/α,β-unsaturated/α-hetero) is 1. The van der Waals surface area contributed by atoms with Crippen LogP contribution in [0.25, 0.3) is 11.0 Å². The zero-order chi connectivity index (χ0) is 18.7. The molecule has 26 heavy (non-hydrogen) atoms. The lowest BCUT2D eigenvalue weighted by atomic mass is 9.80. The molecule has 0 spiro atoms. The highest BCUT2D eigenvalue weighted by atomic mass is 35.5. The highest BCUT2D eigenvalue weighted by Gasteiger charge is 2.50. The molecule has 4 rings (SSSR count). The molecule has 1 aromatic heterocycles. The standard InChI is InChI=1S/C22H22ClNO2/c1-21(2)15-10-9-13(11-16(15)22(3,4)20(21)25)17(23)12-18-14-7-5-6-8-19(14)26-24-18/h5-11,17H,12H2,1-4H3. The van der Waals surface area contributed by atoms with Crippen LogP contribution in [0.1, 0.15) is 55.5 Å². The maximum absolute atomic E-state index is 12.8. The first-order valence-corrected chi connectivity index (χ1v) is 9.33. The maximum atomic E-state index is 12.8.